The number of rotatable bonds is 3. The molecule has 1 amide bonds. The van der Waals surface area contributed by atoms with Crippen molar-refractivity contribution in [3.8, 4) is 0 Å². The molecule has 3 rings (SSSR count). The molecule has 0 spiro atoms. The number of amides is 1. The van der Waals surface area contributed by atoms with Crippen LogP contribution in [0.5, 0.6) is 0 Å². The van der Waals surface area contributed by atoms with Crippen molar-refractivity contribution in [2.24, 2.45) is 11.8 Å². The first kappa shape index (κ1) is 13.6. The Bertz CT molecular complexity index is 486. The molecule has 20 heavy (non-hydrogen) atoms. The number of aliphatic hydroxyl groups is 1. The summed E-state index contributed by atoms with van der Waals surface area (Å²) in [5.41, 5.74) is 2.76. The Morgan fingerprint density at radius 2 is 2.05 bits per heavy atom. The maximum Gasteiger partial charge on any atom is 0.226 e. The number of hydrogen-bond donors (Lipinski definition) is 1. The number of aryl methyl sites for hydroxylation is 1. The van der Waals surface area contributed by atoms with Crippen LogP contribution in [0.3, 0.4) is 0 Å². The second-order valence-corrected chi connectivity index (χ2v) is 6.16. The van der Waals surface area contributed by atoms with Gasteiger partial charge in [-0.1, -0.05) is 24.3 Å². The van der Waals surface area contributed by atoms with Crippen molar-refractivity contribution in [1.82, 2.24) is 4.90 Å². The number of fused-ring (bicyclic) bond motifs is 1. The molecule has 0 aromatic heterocycles. The number of benzene rings is 1. The molecule has 0 radical (unpaired) electrons. The summed E-state index contributed by atoms with van der Waals surface area (Å²) in [7, 11) is 0. The van der Waals surface area contributed by atoms with Crippen LogP contribution < -0.4 is 0 Å². The van der Waals surface area contributed by atoms with Gasteiger partial charge in [-0.15, -0.1) is 0 Å². The van der Waals surface area contributed by atoms with Gasteiger partial charge in [0, 0.05) is 25.6 Å². The van der Waals surface area contributed by atoms with E-state index < -0.39 is 0 Å². The van der Waals surface area contributed by atoms with Crippen molar-refractivity contribution in [3.63, 3.8) is 0 Å². The zero-order chi connectivity index (χ0) is 13.9. The molecule has 1 N–H and O–H groups in total. The van der Waals surface area contributed by atoms with Gasteiger partial charge in [-0.3, -0.25) is 4.79 Å². The highest BCUT2D eigenvalue weighted by atomic mass is 16.3. The van der Waals surface area contributed by atoms with E-state index in [1.807, 2.05) is 4.90 Å². The van der Waals surface area contributed by atoms with Crippen LogP contribution in [0.4, 0.5) is 0 Å². The number of carbonyl (C=O) groups excluding carboxylic acids is 1. The Labute approximate surface area is 120 Å². The van der Waals surface area contributed by atoms with Gasteiger partial charge >= 0.3 is 0 Å². The van der Waals surface area contributed by atoms with E-state index in [4.69, 9.17) is 5.11 Å². The fourth-order valence-corrected chi connectivity index (χ4v) is 3.62. The largest absolute Gasteiger partial charge is 0.396 e. The lowest BCUT2D eigenvalue weighted by Crippen LogP contribution is -2.37. The third kappa shape index (κ3) is 2.73. The molecule has 2 atom stereocenters. The molecule has 1 aromatic carbocycles. The van der Waals surface area contributed by atoms with E-state index in [1.54, 1.807) is 0 Å². The first-order chi connectivity index (χ1) is 9.78. The smallest absolute Gasteiger partial charge is 0.226 e. The number of hydrogen-bond acceptors (Lipinski definition) is 2. The Balaban J connectivity index is 1.62. The maximum absolute atomic E-state index is 12.6. The molecular weight excluding hydrogens is 250 g/mol. The van der Waals surface area contributed by atoms with Crippen LogP contribution in [0, 0.1) is 11.8 Å². The lowest BCUT2D eigenvalue weighted by atomic mass is 9.83. The highest BCUT2D eigenvalue weighted by molar-refractivity contribution is 5.79. The molecule has 2 aliphatic rings. The Hall–Kier alpha value is -1.35. The minimum atomic E-state index is 0.165. The standard InChI is InChI=1S/C17H23NO2/c19-10-8-13-7-9-18(12-13)17(20)16-6-5-14-3-1-2-4-15(14)11-16/h1-4,13,16,19H,5-12H2. The van der Waals surface area contributed by atoms with Gasteiger partial charge in [-0.2, -0.15) is 0 Å². The Kier molecular flexibility index (Phi) is 4.06. The molecule has 3 nitrogen and oxygen atoms in total. The Morgan fingerprint density at radius 1 is 1.25 bits per heavy atom. The lowest BCUT2D eigenvalue weighted by molar-refractivity contribution is -0.135. The van der Waals surface area contributed by atoms with Crippen LogP contribution in [0.2, 0.25) is 0 Å². The number of nitrogens with zero attached hydrogens (tertiary/aromatic N) is 1. The maximum atomic E-state index is 12.6. The summed E-state index contributed by atoms with van der Waals surface area (Å²) >= 11 is 0. The van der Waals surface area contributed by atoms with Crippen LogP contribution in [0.15, 0.2) is 24.3 Å². The molecule has 2 unspecified atom stereocenters. The number of carbonyl (C=O) groups is 1. The fraction of sp³-hybridized carbons (Fsp3) is 0.588. The molecule has 0 saturated carbocycles. The number of likely N-dealkylation sites (tertiary alicyclic amines) is 1. The minimum absolute atomic E-state index is 0.165. The molecule has 0 bridgehead atoms. The molecule has 108 valence electrons. The fourth-order valence-electron chi connectivity index (χ4n) is 3.62. The zero-order valence-electron chi connectivity index (χ0n) is 11.9. The summed E-state index contributed by atoms with van der Waals surface area (Å²) in [4.78, 5) is 14.7. The summed E-state index contributed by atoms with van der Waals surface area (Å²) in [6.07, 6.45) is 4.79. The van der Waals surface area contributed by atoms with Gasteiger partial charge in [-0.25, -0.2) is 0 Å². The van der Waals surface area contributed by atoms with Crippen LogP contribution in [0.25, 0.3) is 0 Å². The van der Waals surface area contributed by atoms with Crippen molar-refractivity contribution < 1.29 is 9.90 Å². The summed E-state index contributed by atoms with van der Waals surface area (Å²) in [6.45, 7) is 1.96. The van der Waals surface area contributed by atoms with Gasteiger partial charge in [0.1, 0.15) is 0 Å². The topological polar surface area (TPSA) is 40.5 Å². The molecule has 1 aromatic rings. The normalized spacial score (nSPS) is 25.6. The second kappa shape index (κ2) is 5.96. The molecule has 1 saturated heterocycles. The van der Waals surface area contributed by atoms with Crippen LogP contribution in [0.1, 0.15) is 30.4 Å². The first-order valence-electron chi connectivity index (χ1n) is 7.74. The van der Waals surface area contributed by atoms with Gasteiger partial charge in [0.2, 0.25) is 5.91 Å². The van der Waals surface area contributed by atoms with Crippen molar-refractivity contribution in [3.05, 3.63) is 35.4 Å². The van der Waals surface area contributed by atoms with E-state index in [0.717, 1.165) is 45.2 Å². The third-order valence-electron chi connectivity index (χ3n) is 4.83. The first-order valence-corrected chi connectivity index (χ1v) is 7.74. The molecule has 3 heteroatoms. The SMILES string of the molecule is O=C(C1CCc2ccccc2C1)N1CCC(CCO)C1. The van der Waals surface area contributed by atoms with Crippen LogP contribution >= 0.6 is 0 Å². The molecule has 1 fully saturated rings. The highest BCUT2D eigenvalue weighted by Gasteiger charge is 2.32. The zero-order valence-corrected chi connectivity index (χ0v) is 11.9. The van der Waals surface area contributed by atoms with E-state index in [1.165, 1.54) is 11.1 Å². The van der Waals surface area contributed by atoms with Crippen molar-refractivity contribution >= 4 is 5.91 Å². The van der Waals surface area contributed by atoms with E-state index in [0.29, 0.717) is 11.8 Å². The molecule has 1 aliphatic carbocycles. The molecular formula is C17H23NO2. The average Bonchev–Trinajstić information content (AvgIpc) is 2.95. The van der Waals surface area contributed by atoms with Crippen LogP contribution in [-0.4, -0.2) is 35.6 Å². The van der Waals surface area contributed by atoms with E-state index in [9.17, 15) is 4.79 Å². The van der Waals surface area contributed by atoms with Gasteiger partial charge in [0.05, 0.1) is 0 Å². The van der Waals surface area contributed by atoms with Crippen molar-refractivity contribution in [2.75, 3.05) is 19.7 Å². The number of aliphatic hydroxyl groups excluding tert-OH is 1. The molecule has 1 aliphatic heterocycles. The van der Waals surface area contributed by atoms with E-state index >= 15 is 0 Å². The average molecular weight is 273 g/mol. The van der Waals surface area contributed by atoms with Crippen molar-refractivity contribution in [2.45, 2.75) is 32.1 Å². The lowest BCUT2D eigenvalue weighted by Gasteiger charge is -2.28. The van der Waals surface area contributed by atoms with Gasteiger partial charge in [-0.05, 0) is 49.1 Å². The summed E-state index contributed by atoms with van der Waals surface area (Å²) < 4.78 is 0. The van der Waals surface area contributed by atoms with Gasteiger partial charge < -0.3 is 10.0 Å². The van der Waals surface area contributed by atoms with Crippen molar-refractivity contribution in [1.29, 1.82) is 0 Å². The summed E-state index contributed by atoms with van der Waals surface area (Å²) in [6, 6.07) is 8.50. The van der Waals surface area contributed by atoms with E-state index in [2.05, 4.69) is 24.3 Å². The summed E-state index contributed by atoms with van der Waals surface area (Å²) in [5.74, 6) is 0.998. The predicted octanol–water partition coefficient (Wildman–Crippen LogP) is 2.02. The third-order valence-corrected chi connectivity index (χ3v) is 4.83. The predicted molar refractivity (Wildman–Crippen MR) is 78.3 cm³/mol. The highest BCUT2D eigenvalue weighted by Crippen LogP contribution is 2.29. The Morgan fingerprint density at radius 3 is 2.85 bits per heavy atom. The monoisotopic (exact) mass is 273 g/mol. The van der Waals surface area contributed by atoms with Gasteiger partial charge in [0.15, 0.2) is 0 Å². The second-order valence-electron chi connectivity index (χ2n) is 6.16. The van der Waals surface area contributed by atoms with E-state index in [-0.39, 0.29) is 12.5 Å². The summed E-state index contributed by atoms with van der Waals surface area (Å²) in [5, 5.41) is 9.01. The quantitative estimate of drug-likeness (QED) is 0.915. The molecule has 1 heterocycles. The minimum Gasteiger partial charge on any atom is -0.396 e. The van der Waals surface area contributed by atoms with Crippen LogP contribution in [-0.2, 0) is 17.6 Å². The van der Waals surface area contributed by atoms with Gasteiger partial charge in [0.25, 0.3) is 0 Å².